The van der Waals surface area contributed by atoms with Gasteiger partial charge in [0.25, 0.3) is 0 Å². The molecule has 0 spiro atoms. The zero-order chi connectivity index (χ0) is 15.6. The molecule has 8 heteroatoms. The second-order valence-electron chi connectivity index (χ2n) is 4.91. The Balaban J connectivity index is 2.07. The maximum atomic E-state index is 12.1. The van der Waals surface area contributed by atoms with Crippen molar-refractivity contribution in [2.45, 2.75) is 17.7 Å². The predicted octanol–water partition coefficient (Wildman–Crippen LogP) is -0.0808. The number of benzene rings is 1. The summed E-state index contributed by atoms with van der Waals surface area (Å²) in [5.41, 5.74) is 0.541. The standard InChI is InChI=1S/C13H17N3O4S/c1-15(13(18)9-16-8-2-3-12(16)17)10-4-6-11(7-5-10)21(14,19)20/h4-7H,2-3,8-9H2,1H3,(H2,14,19,20). The normalized spacial score (nSPS) is 15.3. The molecule has 1 fully saturated rings. The maximum absolute atomic E-state index is 12.1. The van der Waals surface area contributed by atoms with Crippen molar-refractivity contribution in [1.82, 2.24) is 4.90 Å². The molecule has 0 unspecified atom stereocenters. The van der Waals surface area contributed by atoms with E-state index in [9.17, 15) is 18.0 Å². The van der Waals surface area contributed by atoms with Gasteiger partial charge in [0.05, 0.1) is 4.90 Å². The molecule has 0 aliphatic carbocycles. The predicted molar refractivity (Wildman–Crippen MR) is 77.0 cm³/mol. The monoisotopic (exact) mass is 311 g/mol. The fraction of sp³-hybridized carbons (Fsp3) is 0.385. The molecular formula is C13H17N3O4S. The van der Waals surface area contributed by atoms with Gasteiger partial charge in [-0.05, 0) is 30.7 Å². The van der Waals surface area contributed by atoms with Crippen molar-refractivity contribution in [3.8, 4) is 0 Å². The lowest BCUT2D eigenvalue weighted by Crippen LogP contribution is -2.39. The maximum Gasteiger partial charge on any atom is 0.246 e. The molecule has 0 bridgehead atoms. The summed E-state index contributed by atoms with van der Waals surface area (Å²) < 4.78 is 22.3. The SMILES string of the molecule is CN(C(=O)CN1CCCC1=O)c1ccc(S(N)(=O)=O)cc1. The molecule has 0 atom stereocenters. The van der Waals surface area contributed by atoms with Gasteiger partial charge in [0.1, 0.15) is 6.54 Å². The van der Waals surface area contributed by atoms with Crippen LogP contribution in [0.5, 0.6) is 0 Å². The second-order valence-corrected chi connectivity index (χ2v) is 6.47. The molecule has 21 heavy (non-hydrogen) atoms. The van der Waals surface area contributed by atoms with Crippen molar-refractivity contribution in [1.29, 1.82) is 0 Å². The van der Waals surface area contributed by atoms with Gasteiger partial charge in [-0.2, -0.15) is 0 Å². The van der Waals surface area contributed by atoms with Crippen molar-refractivity contribution >= 4 is 27.5 Å². The van der Waals surface area contributed by atoms with Crippen LogP contribution >= 0.6 is 0 Å². The Kier molecular flexibility index (Phi) is 4.29. The smallest absolute Gasteiger partial charge is 0.246 e. The minimum Gasteiger partial charge on any atom is -0.333 e. The summed E-state index contributed by atoms with van der Waals surface area (Å²) in [4.78, 5) is 26.5. The summed E-state index contributed by atoms with van der Waals surface area (Å²) in [5, 5.41) is 5.01. The van der Waals surface area contributed by atoms with Gasteiger partial charge < -0.3 is 9.80 Å². The zero-order valence-electron chi connectivity index (χ0n) is 11.7. The highest BCUT2D eigenvalue weighted by Gasteiger charge is 2.24. The summed E-state index contributed by atoms with van der Waals surface area (Å²) >= 11 is 0. The number of hydrogen-bond donors (Lipinski definition) is 1. The number of sulfonamides is 1. The van der Waals surface area contributed by atoms with Gasteiger partial charge in [0, 0.05) is 25.7 Å². The molecular weight excluding hydrogens is 294 g/mol. The van der Waals surface area contributed by atoms with Crippen molar-refractivity contribution in [2.24, 2.45) is 5.14 Å². The van der Waals surface area contributed by atoms with Gasteiger partial charge in [-0.25, -0.2) is 13.6 Å². The van der Waals surface area contributed by atoms with E-state index in [2.05, 4.69) is 0 Å². The minimum atomic E-state index is -3.75. The molecule has 1 aromatic rings. The van der Waals surface area contributed by atoms with E-state index in [1.54, 1.807) is 7.05 Å². The Morgan fingerprint density at radius 2 is 1.95 bits per heavy atom. The van der Waals surface area contributed by atoms with Crippen LogP contribution in [0.15, 0.2) is 29.2 Å². The summed E-state index contributed by atoms with van der Waals surface area (Å²) in [7, 11) is -2.17. The summed E-state index contributed by atoms with van der Waals surface area (Å²) in [6.07, 6.45) is 1.26. The number of primary sulfonamides is 1. The van der Waals surface area contributed by atoms with Gasteiger partial charge >= 0.3 is 0 Å². The van der Waals surface area contributed by atoms with Crippen LogP contribution in [-0.2, 0) is 19.6 Å². The largest absolute Gasteiger partial charge is 0.333 e. The third-order valence-corrected chi connectivity index (χ3v) is 4.35. The molecule has 0 saturated carbocycles. The van der Waals surface area contributed by atoms with Crippen LogP contribution < -0.4 is 10.0 Å². The van der Waals surface area contributed by atoms with Crippen LogP contribution in [-0.4, -0.2) is 45.3 Å². The number of nitrogens with zero attached hydrogens (tertiary/aromatic N) is 2. The van der Waals surface area contributed by atoms with Gasteiger partial charge in [0.2, 0.25) is 21.8 Å². The zero-order valence-corrected chi connectivity index (χ0v) is 12.5. The van der Waals surface area contributed by atoms with Crippen LogP contribution in [0, 0.1) is 0 Å². The Morgan fingerprint density at radius 3 is 2.43 bits per heavy atom. The molecule has 1 aliphatic rings. The number of rotatable bonds is 4. The highest BCUT2D eigenvalue weighted by Crippen LogP contribution is 2.17. The van der Waals surface area contributed by atoms with E-state index in [1.807, 2.05) is 0 Å². The van der Waals surface area contributed by atoms with E-state index in [-0.39, 0.29) is 23.3 Å². The number of amides is 2. The summed E-state index contributed by atoms with van der Waals surface area (Å²) in [6, 6.07) is 5.69. The van der Waals surface area contributed by atoms with Crippen LogP contribution in [0.3, 0.4) is 0 Å². The topological polar surface area (TPSA) is 101 Å². The summed E-state index contributed by atoms with van der Waals surface area (Å²) in [5.74, 6) is -0.241. The Hall–Kier alpha value is -1.93. The average molecular weight is 311 g/mol. The lowest BCUT2D eigenvalue weighted by atomic mass is 10.3. The molecule has 1 heterocycles. The van der Waals surface area contributed by atoms with Crippen LogP contribution in [0.2, 0.25) is 0 Å². The molecule has 2 amide bonds. The number of likely N-dealkylation sites (tertiary alicyclic amines) is 1. The van der Waals surface area contributed by atoms with Gasteiger partial charge in [-0.1, -0.05) is 0 Å². The Labute approximate surface area is 123 Å². The fourth-order valence-electron chi connectivity index (χ4n) is 2.14. The Morgan fingerprint density at radius 1 is 1.33 bits per heavy atom. The third kappa shape index (κ3) is 3.59. The first kappa shape index (κ1) is 15.5. The van der Waals surface area contributed by atoms with Crippen molar-refractivity contribution < 1.29 is 18.0 Å². The quantitative estimate of drug-likeness (QED) is 0.840. The first-order valence-corrected chi connectivity index (χ1v) is 8.01. The van der Waals surface area contributed by atoms with Crippen LogP contribution in [0.25, 0.3) is 0 Å². The number of carbonyl (C=O) groups excluding carboxylic acids is 2. The number of likely N-dealkylation sites (N-methyl/N-ethyl adjacent to an activating group) is 1. The Bertz CT molecular complexity index is 654. The number of carbonyl (C=O) groups is 2. The molecule has 1 saturated heterocycles. The van der Waals surface area contributed by atoms with Crippen molar-refractivity contribution in [3.05, 3.63) is 24.3 Å². The molecule has 0 radical (unpaired) electrons. The van der Waals surface area contributed by atoms with E-state index >= 15 is 0 Å². The van der Waals surface area contributed by atoms with Crippen molar-refractivity contribution in [3.63, 3.8) is 0 Å². The van der Waals surface area contributed by atoms with Gasteiger partial charge in [-0.15, -0.1) is 0 Å². The minimum absolute atomic E-state index is 0.0122. The highest BCUT2D eigenvalue weighted by molar-refractivity contribution is 7.89. The number of hydrogen-bond acceptors (Lipinski definition) is 4. The molecule has 2 N–H and O–H groups in total. The fourth-order valence-corrected chi connectivity index (χ4v) is 2.66. The average Bonchev–Trinajstić information content (AvgIpc) is 2.82. The highest BCUT2D eigenvalue weighted by atomic mass is 32.2. The third-order valence-electron chi connectivity index (χ3n) is 3.42. The number of anilines is 1. The lowest BCUT2D eigenvalue weighted by Gasteiger charge is -2.21. The first-order valence-electron chi connectivity index (χ1n) is 6.46. The second kappa shape index (κ2) is 5.82. The van der Waals surface area contributed by atoms with Gasteiger partial charge in [-0.3, -0.25) is 9.59 Å². The van der Waals surface area contributed by atoms with Crippen LogP contribution in [0.1, 0.15) is 12.8 Å². The lowest BCUT2D eigenvalue weighted by molar-refractivity contribution is -0.132. The van der Waals surface area contributed by atoms with Crippen LogP contribution in [0.4, 0.5) is 5.69 Å². The molecule has 0 aromatic heterocycles. The molecule has 1 aromatic carbocycles. The van der Waals surface area contributed by atoms with Crippen molar-refractivity contribution in [2.75, 3.05) is 25.0 Å². The molecule has 7 nitrogen and oxygen atoms in total. The molecule has 2 rings (SSSR count). The van der Waals surface area contributed by atoms with E-state index in [4.69, 9.17) is 5.14 Å². The molecule has 1 aliphatic heterocycles. The molecule has 114 valence electrons. The van der Waals surface area contributed by atoms with E-state index in [0.29, 0.717) is 18.7 Å². The van der Waals surface area contributed by atoms with E-state index in [0.717, 1.165) is 6.42 Å². The number of nitrogens with two attached hydrogens (primary N) is 1. The first-order chi connectivity index (χ1) is 9.79. The summed E-state index contributed by atoms with van der Waals surface area (Å²) in [6.45, 7) is 0.634. The van der Waals surface area contributed by atoms with E-state index < -0.39 is 10.0 Å². The van der Waals surface area contributed by atoms with E-state index in [1.165, 1.54) is 34.1 Å². The van der Waals surface area contributed by atoms with Gasteiger partial charge in [0.15, 0.2) is 0 Å².